The molecule has 0 aliphatic heterocycles. The molecule has 0 bridgehead atoms. The second-order valence-corrected chi connectivity index (χ2v) is 10.8. The Labute approximate surface area is 202 Å². The summed E-state index contributed by atoms with van der Waals surface area (Å²) in [6.45, 7) is 4.63. The molecule has 0 spiro atoms. The Morgan fingerprint density at radius 2 is 1.03 bits per heavy atom. The lowest BCUT2D eigenvalue weighted by Crippen LogP contribution is -2.10. The first-order valence-corrected chi connectivity index (χ1v) is 15.0. The van der Waals surface area contributed by atoms with Gasteiger partial charge in [-0.15, -0.1) is 0 Å². The molecule has 32 heavy (non-hydrogen) atoms. The molecule has 184 valence electrons. The fourth-order valence-corrected chi connectivity index (χ4v) is 5.87. The van der Waals surface area contributed by atoms with E-state index in [0.29, 0.717) is 0 Å². The second-order valence-electron chi connectivity index (χ2n) is 10.8. The van der Waals surface area contributed by atoms with Gasteiger partial charge in [0.25, 0.3) is 0 Å². The maximum absolute atomic E-state index is 2.51. The minimum absolute atomic E-state index is 0.827. The third-order valence-corrected chi connectivity index (χ3v) is 7.93. The number of fused-ring (bicyclic) bond motifs is 1. The molecule has 0 N–H and O–H groups in total. The highest BCUT2D eigenvalue weighted by molar-refractivity contribution is 5.39. The highest BCUT2D eigenvalue weighted by Gasteiger charge is 2.19. The van der Waals surface area contributed by atoms with E-state index in [1.807, 2.05) is 0 Å². The average Bonchev–Trinajstić information content (AvgIpc) is 2.83. The van der Waals surface area contributed by atoms with Gasteiger partial charge in [0.15, 0.2) is 0 Å². The van der Waals surface area contributed by atoms with Crippen LogP contribution in [0.4, 0.5) is 0 Å². The maximum atomic E-state index is 2.51. The Balaban J connectivity index is 1.75. The summed E-state index contributed by atoms with van der Waals surface area (Å²) in [5.74, 6) is 0.827. The summed E-state index contributed by atoms with van der Waals surface area (Å²) >= 11 is 0. The Kier molecular flexibility index (Phi) is 16.0. The molecular weight excluding hydrogens is 384 g/mol. The van der Waals surface area contributed by atoms with Crippen molar-refractivity contribution in [2.45, 2.75) is 167 Å². The molecule has 0 nitrogen and oxygen atoms in total. The molecule has 0 amide bonds. The monoisotopic (exact) mass is 440 g/mol. The zero-order valence-electron chi connectivity index (χ0n) is 22.1. The molecule has 1 aromatic carbocycles. The van der Waals surface area contributed by atoms with Crippen LogP contribution in [0.5, 0.6) is 0 Å². The van der Waals surface area contributed by atoms with Crippen molar-refractivity contribution in [2.75, 3.05) is 0 Å². The van der Waals surface area contributed by atoms with Gasteiger partial charge in [-0.1, -0.05) is 141 Å². The molecule has 1 aliphatic rings. The van der Waals surface area contributed by atoms with Crippen molar-refractivity contribution in [3.63, 3.8) is 0 Å². The lowest BCUT2D eigenvalue weighted by Gasteiger charge is -2.25. The number of unbranched alkanes of at least 4 members (excludes halogenated alkanes) is 15. The number of benzene rings is 1. The number of hydrogen-bond acceptors (Lipinski definition) is 0. The second kappa shape index (κ2) is 18.6. The van der Waals surface area contributed by atoms with Crippen molar-refractivity contribution in [3.05, 3.63) is 34.9 Å². The maximum Gasteiger partial charge on any atom is -0.0159 e. The first-order valence-electron chi connectivity index (χ1n) is 15.0. The number of hydrogen-bond donors (Lipinski definition) is 0. The van der Waals surface area contributed by atoms with E-state index in [0.717, 1.165) is 5.92 Å². The van der Waals surface area contributed by atoms with Crippen LogP contribution in [0.15, 0.2) is 18.2 Å². The molecule has 0 heterocycles. The fraction of sp³-hybridized carbons (Fsp3) is 0.812. The van der Waals surface area contributed by atoms with Crippen LogP contribution in [-0.2, 0) is 12.8 Å². The van der Waals surface area contributed by atoms with Gasteiger partial charge in [0, 0.05) is 0 Å². The van der Waals surface area contributed by atoms with E-state index in [2.05, 4.69) is 32.0 Å². The first kappa shape index (κ1) is 27.5. The Hall–Kier alpha value is -0.780. The molecule has 1 unspecified atom stereocenters. The first-order chi connectivity index (χ1) is 15.9. The third-order valence-electron chi connectivity index (χ3n) is 7.93. The molecule has 0 heteroatoms. The molecule has 0 fully saturated rings. The molecule has 1 atom stereocenters. The van der Waals surface area contributed by atoms with Crippen LogP contribution in [-0.4, -0.2) is 0 Å². The lowest BCUT2D eigenvalue weighted by molar-refractivity contribution is 0.478. The van der Waals surface area contributed by atoms with E-state index in [1.165, 1.54) is 148 Å². The summed E-state index contributed by atoms with van der Waals surface area (Å²) < 4.78 is 0. The van der Waals surface area contributed by atoms with E-state index in [4.69, 9.17) is 0 Å². The van der Waals surface area contributed by atoms with Crippen LogP contribution in [0.25, 0.3) is 0 Å². The van der Waals surface area contributed by atoms with Crippen molar-refractivity contribution < 1.29 is 0 Å². The van der Waals surface area contributed by atoms with Crippen molar-refractivity contribution in [2.24, 2.45) is 0 Å². The van der Waals surface area contributed by atoms with Crippen LogP contribution in [0, 0.1) is 0 Å². The van der Waals surface area contributed by atoms with E-state index < -0.39 is 0 Å². The Morgan fingerprint density at radius 3 is 1.56 bits per heavy atom. The fourth-order valence-electron chi connectivity index (χ4n) is 5.87. The van der Waals surface area contributed by atoms with Crippen LogP contribution >= 0.6 is 0 Å². The standard InChI is InChI=1S/C32H56/c1-3-5-7-9-11-13-15-17-19-24-29(23-18-16-14-12-10-8-6-4-2)32-28-22-26-30-25-20-21-27-31(30)32/h22,26,28-29H,3-21,23-25,27H2,1-2H3. The van der Waals surface area contributed by atoms with E-state index >= 15 is 0 Å². The van der Waals surface area contributed by atoms with Gasteiger partial charge in [-0.2, -0.15) is 0 Å². The highest BCUT2D eigenvalue weighted by Crippen LogP contribution is 2.35. The zero-order valence-corrected chi connectivity index (χ0v) is 22.1. The van der Waals surface area contributed by atoms with Crippen molar-refractivity contribution in [1.29, 1.82) is 0 Å². The van der Waals surface area contributed by atoms with Crippen molar-refractivity contribution in [3.8, 4) is 0 Å². The normalized spacial score (nSPS) is 14.4. The van der Waals surface area contributed by atoms with Crippen LogP contribution < -0.4 is 0 Å². The van der Waals surface area contributed by atoms with Gasteiger partial charge in [0.1, 0.15) is 0 Å². The van der Waals surface area contributed by atoms with Crippen LogP contribution in [0.3, 0.4) is 0 Å². The molecule has 0 radical (unpaired) electrons. The molecule has 1 aliphatic carbocycles. The predicted octanol–water partition coefficient (Wildman–Crippen LogP) is 11.1. The summed E-state index contributed by atoms with van der Waals surface area (Å²) in [4.78, 5) is 0. The summed E-state index contributed by atoms with van der Waals surface area (Å²) in [5.41, 5.74) is 5.20. The number of rotatable bonds is 20. The molecule has 0 saturated heterocycles. The summed E-state index contributed by atoms with van der Waals surface area (Å²) in [6, 6.07) is 7.30. The van der Waals surface area contributed by atoms with Gasteiger partial charge >= 0.3 is 0 Å². The molecular formula is C32H56. The summed E-state index contributed by atoms with van der Waals surface area (Å²) in [6.07, 6.45) is 32.9. The molecule has 0 saturated carbocycles. The van der Waals surface area contributed by atoms with E-state index in [9.17, 15) is 0 Å². The van der Waals surface area contributed by atoms with Gasteiger partial charge in [0.2, 0.25) is 0 Å². The zero-order chi connectivity index (χ0) is 22.7. The average molecular weight is 441 g/mol. The summed E-state index contributed by atoms with van der Waals surface area (Å²) in [7, 11) is 0. The SMILES string of the molecule is CCCCCCCCCCCC(CCCCCCCCCC)c1cccc2c1CCCC2. The topological polar surface area (TPSA) is 0 Å². The van der Waals surface area contributed by atoms with Gasteiger partial charge in [-0.25, -0.2) is 0 Å². The van der Waals surface area contributed by atoms with Gasteiger partial charge in [-0.05, 0) is 61.1 Å². The minimum atomic E-state index is 0.827. The third kappa shape index (κ3) is 11.4. The van der Waals surface area contributed by atoms with Crippen molar-refractivity contribution in [1.82, 2.24) is 0 Å². The molecule has 0 aromatic heterocycles. The Morgan fingerprint density at radius 1 is 0.562 bits per heavy atom. The van der Waals surface area contributed by atoms with Gasteiger partial charge < -0.3 is 0 Å². The van der Waals surface area contributed by atoms with Gasteiger partial charge in [0.05, 0.1) is 0 Å². The molecule has 1 aromatic rings. The quantitative estimate of drug-likeness (QED) is 0.177. The highest BCUT2D eigenvalue weighted by atomic mass is 14.2. The van der Waals surface area contributed by atoms with Gasteiger partial charge in [-0.3, -0.25) is 0 Å². The largest absolute Gasteiger partial charge is 0.0654 e. The van der Waals surface area contributed by atoms with E-state index in [1.54, 1.807) is 16.7 Å². The van der Waals surface area contributed by atoms with Crippen LogP contribution in [0.2, 0.25) is 0 Å². The minimum Gasteiger partial charge on any atom is -0.0654 e. The summed E-state index contributed by atoms with van der Waals surface area (Å²) in [5, 5.41) is 0. The number of aryl methyl sites for hydroxylation is 1. The lowest BCUT2D eigenvalue weighted by atomic mass is 9.80. The Bertz CT molecular complexity index is 557. The predicted molar refractivity (Wildman–Crippen MR) is 145 cm³/mol. The molecule has 2 rings (SSSR count). The smallest absolute Gasteiger partial charge is 0.0159 e. The van der Waals surface area contributed by atoms with Crippen molar-refractivity contribution >= 4 is 0 Å². The van der Waals surface area contributed by atoms with Crippen LogP contribution in [0.1, 0.15) is 171 Å². The van der Waals surface area contributed by atoms with E-state index in [-0.39, 0.29) is 0 Å².